The van der Waals surface area contributed by atoms with E-state index in [1.165, 1.54) is 17.1 Å². The zero-order chi connectivity index (χ0) is 28.2. The molecule has 6 aromatic rings. The molecule has 2 heterocycles. The summed E-state index contributed by atoms with van der Waals surface area (Å²) in [5.41, 5.74) is 3.78. The van der Waals surface area contributed by atoms with Gasteiger partial charge in [0.15, 0.2) is 11.6 Å². The normalized spacial score (nSPS) is 11.3. The molecule has 0 amide bonds. The molecule has 4 aromatic carbocycles. The number of carbonyl (C=O) groups is 2. The Balaban J connectivity index is 1.14. The second kappa shape index (κ2) is 11.6. The van der Waals surface area contributed by atoms with Crippen LogP contribution in [0.2, 0.25) is 0 Å². The van der Waals surface area contributed by atoms with Crippen LogP contribution in [0.15, 0.2) is 114 Å². The predicted octanol–water partition coefficient (Wildman–Crippen LogP) is 7.20. The second-order valence-corrected chi connectivity index (χ2v) is 10.4. The van der Waals surface area contributed by atoms with Crippen molar-refractivity contribution in [2.75, 3.05) is 11.1 Å². The number of nitrogens with zero attached hydrogens (tertiary/aromatic N) is 4. The Kier molecular flexibility index (Phi) is 7.38. The number of aromatic nitrogens is 4. The minimum atomic E-state index is -0.0742. The van der Waals surface area contributed by atoms with Gasteiger partial charge in [-0.2, -0.15) is 9.50 Å². The summed E-state index contributed by atoms with van der Waals surface area (Å²) in [5, 5.41) is 10.7. The third kappa shape index (κ3) is 6.08. The molecule has 200 valence electrons. The van der Waals surface area contributed by atoms with E-state index in [-0.39, 0.29) is 17.3 Å². The highest BCUT2D eigenvalue weighted by atomic mass is 32.2. The Morgan fingerprint density at radius 3 is 2.39 bits per heavy atom. The van der Waals surface area contributed by atoms with Crippen molar-refractivity contribution in [3.05, 3.63) is 132 Å². The summed E-state index contributed by atoms with van der Waals surface area (Å²) in [5.74, 6) is 1.28. The second-order valence-electron chi connectivity index (χ2n) is 9.47. The van der Waals surface area contributed by atoms with Crippen molar-refractivity contribution in [1.82, 2.24) is 19.6 Å². The van der Waals surface area contributed by atoms with Gasteiger partial charge in [0.1, 0.15) is 5.82 Å². The molecular formula is C33H25N5O2S. The number of allylic oxidation sites excluding steroid dienone is 1. The SMILES string of the molecule is Cc1cc(Nc2ccc(C(=O)/C=C/c3ccc4ccccc4c3)cc2)n2nc(SCC(=O)c3ccccc3)nc2n1. The monoisotopic (exact) mass is 555 g/mol. The number of hydrogen-bond acceptors (Lipinski definition) is 7. The average molecular weight is 556 g/mol. The van der Waals surface area contributed by atoms with E-state index in [1.54, 1.807) is 34.9 Å². The number of ketones is 2. The van der Waals surface area contributed by atoms with Crippen molar-refractivity contribution in [3.8, 4) is 0 Å². The number of benzene rings is 4. The van der Waals surface area contributed by atoms with Crippen molar-refractivity contribution < 1.29 is 9.59 Å². The van der Waals surface area contributed by atoms with E-state index in [4.69, 9.17) is 0 Å². The molecule has 0 radical (unpaired) electrons. The molecule has 0 saturated heterocycles. The van der Waals surface area contributed by atoms with E-state index in [0.29, 0.717) is 27.9 Å². The van der Waals surface area contributed by atoms with Gasteiger partial charge in [-0.05, 0) is 59.7 Å². The first-order valence-corrected chi connectivity index (χ1v) is 14.0. The number of carbonyl (C=O) groups excluding carboxylic acids is 2. The van der Waals surface area contributed by atoms with Gasteiger partial charge in [-0.15, -0.1) is 5.10 Å². The lowest BCUT2D eigenvalue weighted by Crippen LogP contribution is -2.03. The summed E-state index contributed by atoms with van der Waals surface area (Å²) in [6.07, 6.45) is 3.44. The minimum Gasteiger partial charge on any atom is -0.340 e. The minimum absolute atomic E-state index is 0.0127. The molecule has 0 unspecified atom stereocenters. The highest BCUT2D eigenvalue weighted by molar-refractivity contribution is 7.99. The van der Waals surface area contributed by atoms with Crippen LogP contribution >= 0.6 is 11.8 Å². The largest absolute Gasteiger partial charge is 0.340 e. The van der Waals surface area contributed by atoms with Crippen molar-refractivity contribution >= 4 is 57.5 Å². The number of anilines is 2. The summed E-state index contributed by atoms with van der Waals surface area (Å²) < 4.78 is 1.62. The Bertz CT molecular complexity index is 1910. The molecule has 0 aliphatic heterocycles. The highest BCUT2D eigenvalue weighted by Gasteiger charge is 2.13. The number of fused-ring (bicyclic) bond motifs is 2. The summed E-state index contributed by atoms with van der Waals surface area (Å²) in [6.45, 7) is 1.88. The van der Waals surface area contributed by atoms with E-state index >= 15 is 0 Å². The van der Waals surface area contributed by atoms with Crippen molar-refractivity contribution in [2.45, 2.75) is 12.1 Å². The maximum Gasteiger partial charge on any atom is 0.255 e. The molecule has 41 heavy (non-hydrogen) atoms. The first-order valence-electron chi connectivity index (χ1n) is 13.1. The first kappa shape index (κ1) is 26.2. The average Bonchev–Trinajstić information content (AvgIpc) is 3.42. The summed E-state index contributed by atoms with van der Waals surface area (Å²) >= 11 is 1.27. The molecule has 0 bridgehead atoms. The van der Waals surface area contributed by atoms with E-state index in [1.807, 2.05) is 67.6 Å². The molecule has 7 nitrogen and oxygen atoms in total. The maximum atomic E-state index is 12.8. The van der Waals surface area contributed by atoms with Crippen LogP contribution in [0.25, 0.3) is 22.6 Å². The van der Waals surface area contributed by atoms with E-state index in [9.17, 15) is 9.59 Å². The maximum absolute atomic E-state index is 12.8. The van der Waals surface area contributed by atoms with Gasteiger partial charge in [0.2, 0.25) is 5.16 Å². The van der Waals surface area contributed by atoms with Gasteiger partial charge in [-0.1, -0.05) is 84.6 Å². The Hall–Kier alpha value is -5.08. The van der Waals surface area contributed by atoms with Gasteiger partial charge in [-0.3, -0.25) is 9.59 Å². The van der Waals surface area contributed by atoms with Crippen LogP contribution in [0.5, 0.6) is 0 Å². The number of hydrogen-bond donors (Lipinski definition) is 1. The molecule has 0 spiro atoms. The molecule has 8 heteroatoms. The third-order valence-electron chi connectivity index (χ3n) is 6.49. The molecule has 0 saturated carbocycles. The lowest BCUT2D eigenvalue weighted by molar-refractivity contribution is 0.102. The molecule has 0 atom stereocenters. The van der Waals surface area contributed by atoms with Gasteiger partial charge < -0.3 is 5.32 Å². The van der Waals surface area contributed by atoms with Crippen LogP contribution in [-0.4, -0.2) is 36.9 Å². The molecule has 0 fully saturated rings. The van der Waals surface area contributed by atoms with Crippen LogP contribution in [0.4, 0.5) is 11.5 Å². The third-order valence-corrected chi connectivity index (χ3v) is 7.33. The van der Waals surface area contributed by atoms with Crippen molar-refractivity contribution in [2.24, 2.45) is 0 Å². The van der Waals surface area contributed by atoms with E-state index < -0.39 is 0 Å². The highest BCUT2D eigenvalue weighted by Crippen LogP contribution is 2.22. The van der Waals surface area contributed by atoms with Crippen molar-refractivity contribution in [3.63, 3.8) is 0 Å². The molecule has 1 N–H and O–H groups in total. The van der Waals surface area contributed by atoms with Gasteiger partial charge >= 0.3 is 0 Å². The van der Waals surface area contributed by atoms with Gasteiger partial charge in [-0.25, -0.2) is 4.98 Å². The van der Waals surface area contributed by atoms with Gasteiger partial charge in [0.05, 0.1) is 5.75 Å². The number of nitrogens with one attached hydrogen (secondary N) is 1. The Morgan fingerprint density at radius 1 is 0.829 bits per heavy atom. The lowest BCUT2D eigenvalue weighted by atomic mass is 10.1. The van der Waals surface area contributed by atoms with Crippen LogP contribution in [-0.2, 0) is 0 Å². The van der Waals surface area contributed by atoms with E-state index in [0.717, 1.165) is 22.3 Å². The Morgan fingerprint density at radius 2 is 1.59 bits per heavy atom. The molecular weight excluding hydrogens is 530 g/mol. The molecule has 2 aromatic heterocycles. The molecule has 0 aliphatic rings. The molecule has 0 aliphatic carbocycles. The lowest BCUT2D eigenvalue weighted by Gasteiger charge is -2.09. The van der Waals surface area contributed by atoms with Crippen LogP contribution in [0.3, 0.4) is 0 Å². The predicted molar refractivity (Wildman–Crippen MR) is 164 cm³/mol. The Labute approximate surface area is 241 Å². The van der Waals surface area contributed by atoms with Crippen LogP contribution in [0.1, 0.15) is 32.0 Å². The van der Waals surface area contributed by atoms with Gasteiger partial charge in [0.25, 0.3) is 5.78 Å². The number of Topliss-reactive ketones (excluding diaryl/α,β-unsaturated/α-hetero) is 1. The standard InChI is InChI=1S/C33H25N5O2S/c1-22-19-31(38-32(34-22)36-33(37-38)41-21-30(40)25-8-3-2-4-9-25)35-28-16-14-26(15-17-28)29(39)18-12-23-11-13-24-7-5-6-10-27(24)20-23/h2-20,35H,21H2,1H3/b18-12+. The fourth-order valence-electron chi connectivity index (χ4n) is 4.40. The fraction of sp³-hybridized carbons (Fsp3) is 0.0606. The quantitative estimate of drug-likeness (QED) is 0.115. The zero-order valence-corrected chi connectivity index (χ0v) is 23.0. The zero-order valence-electron chi connectivity index (χ0n) is 22.2. The topological polar surface area (TPSA) is 89.3 Å². The fourth-order valence-corrected chi connectivity index (χ4v) is 5.11. The van der Waals surface area contributed by atoms with E-state index in [2.05, 4.69) is 44.6 Å². The van der Waals surface area contributed by atoms with Gasteiger partial charge in [0, 0.05) is 28.6 Å². The first-order chi connectivity index (χ1) is 20.0. The summed E-state index contributed by atoms with van der Waals surface area (Å²) in [4.78, 5) is 34.3. The van der Waals surface area contributed by atoms with Crippen molar-refractivity contribution in [1.29, 1.82) is 0 Å². The number of aryl methyl sites for hydroxylation is 1. The smallest absolute Gasteiger partial charge is 0.255 e. The van der Waals surface area contributed by atoms with Crippen LogP contribution < -0.4 is 5.32 Å². The van der Waals surface area contributed by atoms with Crippen LogP contribution in [0, 0.1) is 6.92 Å². The number of thioether (sulfide) groups is 1. The number of rotatable bonds is 9. The molecule has 6 rings (SSSR count). The summed E-state index contributed by atoms with van der Waals surface area (Å²) in [7, 11) is 0. The summed E-state index contributed by atoms with van der Waals surface area (Å²) in [6, 6.07) is 32.6.